The molecule has 1 aliphatic carbocycles. The number of aryl methyl sites for hydroxylation is 2. The Morgan fingerprint density at radius 2 is 1.19 bits per heavy atom. The SMILES string of the molecule is CC1=C(C)C(C)[C]([Zr+2]([NH]C(=O)c2c(C)cccc2C)[SiH](c2ccccc2)c2ccccc2)=C1C.[Cl-].[Cl-]. The summed E-state index contributed by atoms with van der Waals surface area (Å²) in [5, 5.41) is 2.86. The minimum absolute atomic E-state index is 0. The van der Waals surface area contributed by atoms with Crippen LogP contribution in [0.2, 0.25) is 0 Å². The van der Waals surface area contributed by atoms with Crippen LogP contribution in [0.25, 0.3) is 0 Å². The molecule has 1 unspecified atom stereocenters. The van der Waals surface area contributed by atoms with E-state index in [2.05, 4.69) is 91.6 Å². The van der Waals surface area contributed by atoms with Crippen LogP contribution in [0.1, 0.15) is 49.2 Å². The second-order valence-electron chi connectivity index (χ2n) is 9.46. The molecular formula is C30H34Cl2NOSiZr. The summed E-state index contributed by atoms with van der Waals surface area (Å²) in [5.74, 6) is -1.17. The van der Waals surface area contributed by atoms with Gasteiger partial charge in [0.05, 0.1) is 0 Å². The van der Waals surface area contributed by atoms with E-state index in [4.69, 9.17) is 0 Å². The van der Waals surface area contributed by atoms with Crippen molar-refractivity contribution in [2.75, 3.05) is 0 Å². The molecule has 0 heterocycles. The zero-order valence-electron chi connectivity index (χ0n) is 21.8. The van der Waals surface area contributed by atoms with E-state index >= 15 is 0 Å². The van der Waals surface area contributed by atoms with E-state index in [-0.39, 0.29) is 30.7 Å². The van der Waals surface area contributed by atoms with Gasteiger partial charge in [-0.1, -0.05) is 0 Å². The van der Waals surface area contributed by atoms with Crippen LogP contribution in [0.3, 0.4) is 0 Å². The molecule has 0 saturated heterocycles. The fraction of sp³-hybridized carbons (Fsp3) is 0.233. The largest absolute Gasteiger partial charge is 1.00 e. The Morgan fingerprint density at radius 1 is 0.722 bits per heavy atom. The predicted octanol–water partition coefficient (Wildman–Crippen LogP) is -0.627. The average Bonchev–Trinajstić information content (AvgIpc) is 3.02. The molecule has 1 N–H and O–H groups in total. The molecule has 1 aliphatic rings. The van der Waals surface area contributed by atoms with Gasteiger partial charge in [-0.05, 0) is 0 Å². The number of carbonyl (C=O) groups excluding carboxylic acids is 1. The molecule has 0 spiro atoms. The third kappa shape index (κ3) is 6.05. The van der Waals surface area contributed by atoms with Crippen LogP contribution >= 0.6 is 0 Å². The molecule has 0 aromatic heterocycles. The maximum absolute atomic E-state index is 13.9. The molecule has 187 valence electrons. The fourth-order valence-electron chi connectivity index (χ4n) is 5.27. The van der Waals surface area contributed by atoms with Gasteiger partial charge in [-0.15, -0.1) is 0 Å². The molecule has 0 saturated carbocycles. The molecule has 36 heavy (non-hydrogen) atoms. The van der Waals surface area contributed by atoms with Crippen molar-refractivity contribution in [1.29, 1.82) is 0 Å². The Kier molecular flexibility index (Phi) is 11.2. The maximum atomic E-state index is 13.9. The first-order valence-corrected chi connectivity index (χ1v) is 20.5. The van der Waals surface area contributed by atoms with Crippen molar-refractivity contribution in [3.63, 3.8) is 0 Å². The van der Waals surface area contributed by atoms with Gasteiger partial charge >= 0.3 is 214 Å². The van der Waals surface area contributed by atoms with Crippen molar-refractivity contribution in [2.45, 2.75) is 41.5 Å². The minimum atomic E-state index is -2.73. The second kappa shape index (κ2) is 13.2. The van der Waals surface area contributed by atoms with Crippen molar-refractivity contribution < 1.29 is 50.8 Å². The number of carbonyl (C=O) groups is 1. The summed E-state index contributed by atoms with van der Waals surface area (Å²) in [6.45, 7) is 13.2. The Bertz CT molecular complexity index is 1210. The molecular weight excluding hydrogens is 581 g/mol. The zero-order valence-corrected chi connectivity index (χ0v) is 26.9. The van der Waals surface area contributed by atoms with Crippen molar-refractivity contribution in [2.24, 2.45) is 5.92 Å². The number of nitrogens with one attached hydrogen (secondary N) is 1. The summed E-state index contributed by atoms with van der Waals surface area (Å²) in [4.78, 5) is 13.9. The van der Waals surface area contributed by atoms with E-state index in [1.54, 1.807) is 3.28 Å². The van der Waals surface area contributed by atoms with Gasteiger partial charge in [0, 0.05) is 0 Å². The van der Waals surface area contributed by atoms with Crippen molar-refractivity contribution in [3.05, 3.63) is 116 Å². The van der Waals surface area contributed by atoms with Crippen molar-refractivity contribution >= 4 is 22.2 Å². The number of halogens is 2. The zero-order chi connectivity index (χ0) is 24.4. The summed E-state index contributed by atoms with van der Waals surface area (Å²) in [6, 6.07) is 28.1. The topological polar surface area (TPSA) is 29.1 Å². The molecule has 0 fully saturated rings. The summed E-state index contributed by atoms with van der Waals surface area (Å²) < 4.78 is 5.36. The normalized spacial score (nSPS) is 14.9. The molecule has 3 aromatic carbocycles. The number of rotatable bonds is 6. The van der Waals surface area contributed by atoms with Crippen molar-refractivity contribution in [3.8, 4) is 0 Å². The summed E-state index contributed by atoms with van der Waals surface area (Å²) in [6.07, 6.45) is 0. The molecule has 2 nitrogen and oxygen atoms in total. The van der Waals surface area contributed by atoms with Crippen LogP contribution in [0.5, 0.6) is 0 Å². The van der Waals surface area contributed by atoms with Crippen LogP contribution < -0.4 is 38.4 Å². The number of allylic oxidation sites excluding steroid dienone is 4. The van der Waals surface area contributed by atoms with E-state index in [0.717, 1.165) is 16.7 Å². The fourth-order valence-corrected chi connectivity index (χ4v) is 27.0. The van der Waals surface area contributed by atoms with Crippen molar-refractivity contribution in [1.82, 2.24) is 3.26 Å². The van der Waals surface area contributed by atoms with E-state index in [0.29, 0.717) is 5.92 Å². The van der Waals surface area contributed by atoms with Gasteiger partial charge in [0.15, 0.2) is 0 Å². The van der Waals surface area contributed by atoms with Crippen LogP contribution in [-0.2, 0) is 21.2 Å². The summed E-state index contributed by atoms with van der Waals surface area (Å²) >= 11 is -2.73. The summed E-state index contributed by atoms with van der Waals surface area (Å²) in [5.41, 5.74) is 7.24. The number of hydrogen-bond donors (Lipinski definition) is 1. The van der Waals surface area contributed by atoms with Crippen LogP contribution in [0.4, 0.5) is 0 Å². The first-order valence-electron chi connectivity index (χ1n) is 12.0. The molecule has 0 bridgehead atoms. The first kappa shape index (κ1) is 30.5. The van der Waals surface area contributed by atoms with Gasteiger partial charge in [0.1, 0.15) is 0 Å². The number of hydrogen-bond acceptors (Lipinski definition) is 1. The quantitative estimate of drug-likeness (QED) is 0.369. The molecule has 4 rings (SSSR count). The first-order chi connectivity index (χ1) is 16.3. The van der Waals surface area contributed by atoms with E-state index in [1.807, 2.05) is 32.0 Å². The predicted molar refractivity (Wildman–Crippen MR) is 143 cm³/mol. The van der Waals surface area contributed by atoms with Gasteiger partial charge in [0.2, 0.25) is 0 Å². The maximum Gasteiger partial charge on any atom is -1.00 e. The molecule has 6 heteroatoms. The molecule has 1 amide bonds. The molecule has 1 atom stereocenters. The van der Waals surface area contributed by atoms with Gasteiger partial charge in [-0.3, -0.25) is 0 Å². The second-order valence-corrected chi connectivity index (χ2v) is 23.3. The van der Waals surface area contributed by atoms with Gasteiger partial charge in [0.25, 0.3) is 0 Å². The average molecular weight is 615 g/mol. The van der Waals surface area contributed by atoms with Crippen LogP contribution in [0.15, 0.2) is 98.9 Å². The number of amides is 1. The van der Waals surface area contributed by atoms with Gasteiger partial charge in [-0.25, -0.2) is 0 Å². The van der Waals surface area contributed by atoms with E-state index in [9.17, 15) is 4.79 Å². The standard InChI is InChI=1S/C12H11Si.C9H11NO.C9H13.2ClH.Zr/c1-3-7-11(8-4-1)13-12-9-5-2-6-10-12;1-6-4-3-5-7(2)8(6)9(10)11;1-6-5-7(2)9(4)8(6)3;;;/h1-10,13H;3-5H,1-2H3,(H2,10,11);6H,1-4H3;2*1H;/q;;;;;+3/p-3. The molecule has 0 aliphatic heterocycles. The Labute approximate surface area is 237 Å². The molecule has 3 aromatic rings. The van der Waals surface area contributed by atoms with Gasteiger partial charge in [-0.2, -0.15) is 0 Å². The third-order valence-electron chi connectivity index (χ3n) is 7.44. The number of benzene rings is 3. The van der Waals surface area contributed by atoms with E-state index < -0.39 is 27.1 Å². The van der Waals surface area contributed by atoms with E-state index in [1.165, 1.54) is 27.1 Å². The minimum Gasteiger partial charge on any atom is -1.00 e. The van der Waals surface area contributed by atoms with Gasteiger partial charge < -0.3 is 24.8 Å². The third-order valence-corrected chi connectivity index (χ3v) is 26.6. The molecule has 0 radical (unpaired) electrons. The van der Waals surface area contributed by atoms with Crippen LogP contribution in [0, 0.1) is 19.8 Å². The monoisotopic (exact) mass is 612 g/mol. The Morgan fingerprint density at radius 3 is 1.61 bits per heavy atom. The Hall–Kier alpha value is -1.71. The van der Waals surface area contributed by atoms with Crippen LogP contribution in [-0.4, -0.2) is 11.8 Å². The Balaban J connectivity index is 0.00000228. The smallest absolute Gasteiger partial charge is 1.00 e. The summed E-state index contributed by atoms with van der Waals surface area (Å²) in [7, 11) is 0.